The van der Waals surface area contributed by atoms with E-state index in [1.807, 2.05) is 19.9 Å². The lowest BCUT2D eigenvalue weighted by Crippen LogP contribution is -2.51. The van der Waals surface area contributed by atoms with Gasteiger partial charge in [0.25, 0.3) is 0 Å². The number of halogens is 3. The molecular weight excluding hydrogens is 393 g/mol. The van der Waals surface area contributed by atoms with E-state index in [-0.39, 0.29) is 5.91 Å². The smallest absolute Gasteiger partial charge is 0.378 e. The molecule has 162 valence electrons. The number of aliphatic imine (C=N–C) groups is 1. The summed E-state index contributed by atoms with van der Waals surface area (Å²) in [6.07, 6.45) is 6.84. The topological polar surface area (TPSA) is 47.9 Å². The molecule has 1 amide bonds. The molecule has 0 bridgehead atoms. The van der Waals surface area contributed by atoms with Gasteiger partial charge in [0.15, 0.2) is 0 Å². The highest BCUT2D eigenvalue weighted by Crippen LogP contribution is 2.29. The monoisotopic (exact) mass is 420 g/mol. The first kappa shape index (κ1) is 24.8. The molecule has 8 heteroatoms. The van der Waals surface area contributed by atoms with Gasteiger partial charge in [0.1, 0.15) is 5.84 Å². The van der Waals surface area contributed by atoms with Crippen LogP contribution in [0.15, 0.2) is 53.7 Å². The van der Waals surface area contributed by atoms with Gasteiger partial charge >= 0.3 is 6.18 Å². The van der Waals surface area contributed by atoms with Crippen LogP contribution in [0.25, 0.3) is 0 Å². The Balaban J connectivity index is 0.00000218. The minimum absolute atomic E-state index is 0.0920. The molecule has 1 heterocycles. The van der Waals surface area contributed by atoms with E-state index in [0.29, 0.717) is 38.4 Å². The number of terminal acetylenes is 1. The molecule has 0 atom stereocenters. The van der Waals surface area contributed by atoms with Crippen LogP contribution in [0.5, 0.6) is 0 Å². The van der Waals surface area contributed by atoms with Gasteiger partial charge in [-0.1, -0.05) is 12.7 Å². The summed E-state index contributed by atoms with van der Waals surface area (Å²) >= 11 is 0. The number of alkyl halides is 3. The zero-order chi connectivity index (χ0) is 22.7. The van der Waals surface area contributed by atoms with Gasteiger partial charge in [-0.15, -0.1) is 12.8 Å². The maximum atomic E-state index is 12.7. The lowest BCUT2D eigenvalue weighted by atomic mass is 10.2. The molecular formula is C22H27F3N4O. The van der Waals surface area contributed by atoms with Gasteiger partial charge in [-0.25, -0.2) is 4.99 Å². The van der Waals surface area contributed by atoms with E-state index < -0.39 is 11.7 Å². The minimum atomic E-state index is -4.35. The van der Waals surface area contributed by atoms with Crippen molar-refractivity contribution < 1.29 is 18.0 Å². The number of nitrogens with one attached hydrogen (secondary N) is 1. The van der Waals surface area contributed by atoms with Crippen molar-refractivity contribution in [3.05, 3.63) is 54.3 Å². The molecule has 2 rings (SSSR count). The Morgan fingerprint density at radius 3 is 2.17 bits per heavy atom. The van der Waals surface area contributed by atoms with Gasteiger partial charge in [-0.2, -0.15) is 13.2 Å². The second-order valence-corrected chi connectivity index (χ2v) is 6.40. The summed E-state index contributed by atoms with van der Waals surface area (Å²) in [6.45, 7) is 10.0. The predicted molar refractivity (Wildman–Crippen MR) is 115 cm³/mol. The number of allylic oxidation sites excluding steroid dienone is 2. The molecule has 1 aliphatic heterocycles. The fraction of sp³-hybridized carbons (Fsp3) is 0.364. The van der Waals surface area contributed by atoms with Gasteiger partial charge < -0.3 is 15.1 Å². The molecule has 1 aromatic rings. The SMILES string of the molecule is C#C.C=CC(=O)N1CCN(C(CNc2ccc(C(F)(F)F)cc2)=N/C(C)=C\C)CC1. The molecule has 0 aliphatic carbocycles. The number of amidine groups is 1. The Morgan fingerprint density at radius 1 is 1.17 bits per heavy atom. The van der Waals surface area contributed by atoms with Crippen molar-refractivity contribution in [1.29, 1.82) is 0 Å². The first-order valence-electron chi connectivity index (χ1n) is 9.36. The van der Waals surface area contributed by atoms with Crippen molar-refractivity contribution in [2.24, 2.45) is 4.99 Å². The molecule has 0 spiro atoms. The second-order valence-electron chi connectivity index (χ2n) is 6.40. The lowest BCUT2D eigenvalue weighted by molar-refractivity contribution is -0.137. The first-order chi connectivity index (χ1) is 14.2. The van der Waals surface area contributed by atoms with Crippen molar-refractivity contribution in [2.45, 2.75) is 20.0 Å². The molecule has 1 aromatic carbocycles. The summed E-state index contributed by atoms with van der Waals surface area (Å²) in [4.78, 5) is 20.2. The molecule has 0 unspecified atom stereocenters. The number of benzene rings is 1. The second kappa shape index (κ2) is 11.7. The minimum Gasteiger partial charge on any atom is -0.378 e. The third-order valence-corrected chi connectivity index (χ3v) is 4.52. The standard InChI is InChI=1S/C20H25F3N4O.C2H2/c1-4-15(3)25-18(26-10-12-27(13-11-26)19(28)5-2)14-24-17-8-6-16(7-9-17)20(21,22)23;1-2/h4-9,24H,2,10-14H2,1,3H3;1-2H/b15-4-,25-18?;. The Kier molecular flexibility index (Phi) is 9.69. The summed E-state index contributed by atoms with van der Waals surface area (Å²) in [5.41, 5.74) is 0.743. The van der Waals surface area contributed by atoms with Gasteiger partial charge in [0.2, 0.25) is 5.91 Å². The Hall–Kier alpha value is -3.21. The number of hydrogen-bond acceptors (Lipinski definition) is 3. The molecule has 0 radical (unpaired) electrons. The number of rotatable bonds is 5. The van der Waals surface area contributed by atoms with E-state index >= 15 is 0 Å². The Labute approximate surface area is 176 Å². The quantitative estimate of drug-likeness (QED) is 0.339. The Morgan fingerprint density at radius 2 is 1.70 bits per heavy atom. The van der Waals surface area contributed by atoms with Crippen molar-refractivity contribution in [3.63, 3.8) is 0 Å². The van der Waals surface area contributed by atoms with E-state index in [4.69, 9.17) is 0 Å². The number of piperazine rings is 1. The average molecular weight is 420 g/mol. The number of anilines is 1. The van der Waals surface area contributed by atoms with Crippen LogP contribution in [0.4, 0.5) is 18.9 Å². The van der Waals surface area contributed by atoms with Crippen molar-refractivity contribution in [1.82, 2.24) is 9.80 Å². The van der Waals surface area contributed by atoms with E-state index in [9.17, 15) is 18.0 Å². The molecule has 5 nitrogen and oxygen atoms in total. The largest absolute Gasteiger partial charge is 0.416 e. The van der Waals surface area contributed by atoms with Crippen LogP contribution >= 0.6 is 0 Å². The maximum absolute atomic E-state index is 12.7. The molecule has 1 fully saturated rings. The van der Waals surface area contributed by atoms with Crippen molar-refractivity contribution in [2.75, 3.05) is 38.0 Å². The Bertz CT molecular complexity index is 787. The molecule has 0 aromatic heterocycles. The van der Waals surface area contributed by atoms with Crippen LogP contribution in [0.1, 0.15) is 19.4 Å². The maximum Gasteiger partial charge on any atom is 0.416 e. The molecule has 1 saturated heterocycles. The van der Waals surface area contributed by atoms with Crippen molar-refractivity contribution in [3.8, 4) is 12.8 Å². The molecule has 1 aliphatic rings. The first-order valence-corrected chi connectivity index (χ1v) is 9.36. The van der Waals surface area contributed by atoms with Crippen LogP contribution in [0.2, 0.25) is 0 Å². The summed E-state index contributed by atoms with van der Waals surface area (Å²) in [5, 5.41) is 3.13. The molecule has 1 N–H and O–H groups in total. The lowest BCUT2D eigenvalue weighted by Gasteiger charge is -2.36. The highest BCUT2D eigenvalue weighted by Gasteiger charge is 2.30. The fourth-order valence-corrected chi connectivity index (χ4v) is 2.76. The zero-order valence-electron chi connectivity index (χ0n) is 17.2. The number of carbonyl (C=O) groups is 1. The number of amides is 1. The number of carbonyl (C=O) groups excluding carboxylic acids is 1. The van der Waals surface area contributed by atoms with E-state index in [1.165, 1.54) is 18.2 Å². The van der Waals surface area contributed by atoms with Gasteiger partial charge in [0, 0.05) is 37.6 Å². The summed E-state index contributed by atoms with van der Waals surface area (Å²) in [6, 6.07) is 4.92. The normalized spacial score (nSPS) is 15.2. The van der Waals surface area contributed by atoms with Gasteiger partial charge in [-0.3, -0.25) is 4.79 Å². The summed E-state index contributed by atoms with van der Waals surface area (Å²) in [7, 11) is 0. The zero-order valence-corrected chi connectivity index (χ0v) is 17.2. The van der Waals surface area contributed by atoms with E-state index in [1.54, 1.807) is 4.90 Å². The third-order valence-electron chi connectivity index (χ3n) is 4.52. The number of hydrogen-bond donors (Lipinski definition) is 1. The summed E-state index contributed by atoms with van der Waals surface area (Å²) in [5.74, 6) is 0.687. The van der Waals surface area contributed by atoms with Crippen LogP contribution < -0.4 is 5.32 Å². The average Bonchev–Trinajstić information content (AvgIpc) is 2.77. The highest BCUT2D eigenvalue weighted by molar-refractivity contribution is 5.89. The van der Waals surface area contributed by atoms with Gasteiger partial charge in [0.05, 0.1) is 12.1 Å². The predicted octanol–water partition coefficient (Wildman–Crippen LogP) is 4.02. The van der Waals surface area contributed by atoms with Crippen LogP contribution in [0, 0.1) is 12.8 Å². The van der Waals surface area contributed by atoms with E-state index in [2.05, 4.69) is 34.6 Å². The van der Waals surface area contributed by atoms with Gasteiger partial charge in [-0.05, 0) is 44.2 Å². The van der Waals surface area contributed by atoms with Crippen LogP contribution in [-0.2, 0) is 11.0 Å². The summed E-state index contributed by atoms with van der Waals surface area (Å²) < 4.78 is 38.1. The fourth-order valence-electron chi connectivity index (χ4n) is 2.76. The van der Waals surface area contributed by atoms with Crippen LogP contribution in [0.3, 0.4) is 0 Å². The highest BCUT2D eigenvalue weighted by atomic mass is 19.4. The van der Waals surface area contributed by atoms with E-state index in [0.717, 1.165) is 23.7 Å². The molecule has 30 heavy (non-hydrogen) atoms. The van der Waals surface area contributed by atoms with Crippen molar-refractivity contribution >= 4 is 17.4 Å². The third kappa shape index (κ3) is 7.32. The molecule has 0 saturated carbocycles. The van der Waals surface area contributed by atoms with Crippen LogP contribution in [-0.4, -0.2) is 54.3 Å². The number of nitrogens with zero attached hydrogens (tertiary/aromatic N) is 3.